The van der Waals surface area contributed by atoms with E-state index in [9.17, 15) is 9.59 Å². The van der Waals surface area contributed by atoms with Crippen LogP contribution >= 0.6 is 0 Å². The van der Waals surface area contributed by atoms with Gasteiger partial charge in [0.15, 0.2) is 5.76 Å². The highest BCUT2D eigenvalue weighted by Gasteiger charge is 2.26. The van der Waals surface area contributed by atoms with Crippen molar-refractivity contribution < 1.29 is 14.0 Å². The lowest BCUT2D eigenvalue weighted by atomic mass is 10.0. The topological polar surface area (TPSA) is 67.5 Å². The number of hydrogen-bond donors (Lipinski definition) is 1. The van der Waals surface area contributed by atoms with Gasteiger partial charge in [0.25, 0.3) is 5.91 Å². The highest BCUT2D eigenvalue weighted by Crippen LogP contribution is 2.11. The zero-order valence-electron chi connectivity index (χ0n) is 16.2. The van der Waals surface area contributed by atoms with Crippen LogP contribution in [0.15, 0.2) is 71.6 Å². The van der Waals surface area contributed by atoms with Crippen molar-refractivity contribution in [3.8, 4) is 0 Å². The number of likely N-dealkylation sites (N-methyl/N-ethyl adjacent to an activating group) is 1. The van der Waals surface area contributed by atoms with E-state index in [1.54, 1.807) is 24.1 Å². The first-order valence-corrected chi connectivity index (χ1v) is 9.34. The fraction of sp³-hybridized carbons (Fsp3) is 0.273. The number of nitrogens with one attached hydrogen (secondary N) is 1. The van der Waals surface area contributed by atoms with Crippen LogP contribution in [-0.4, -0.2) is 34.4 Å². The Kier molecular flexibility index (Phi) is 6.32. The first-order chi connectivity index (χ1) is 13.6. The van der Waals surface area contributed by atoms with E-state index in [1.165, 1.54) is 6.26 Å². The summed E-state index contributed by atoms with van der Waals surface area (Å²) in [5, 5.41) is 2.82. The molecule has 6 heteroatoms. The number of aryl methyl sites for hydroxylation is 1. The van der Waals surface area contributed by atoms with E-state index in [2.05, 4.69) is 16.8 Å². The van der Waals surface area contributed by atoms with Crippen molar-refractivity contribution in [3.63, 3.8) is 0 Å². The van der Waals surface area contributed by atoms with Gasteiger partial charge in [-0.1, -0.05) is 30.3 Å². The van der Waals surface area contributed by atoms with Crippen molar-refractivity contribution in [2.45, 2.75) is 32.5 Å². The van der Waals surface area contributed by atoms with Crippen LogP contribution in [0.4, 0.5) is 0 Å². The Labute approximate surface area is 164 Å². The van der Waals surface area contributed by atoms with Crippen molar-refractivity contribution in [2.75, 3.05) is 7.05 Å². The summed E-state index contributed by atoms with van der Waals surface area (Å²) in [6.45, 7) is 3.43. The molecule has 0 saturated carbocycles. The van der Waals surface area contributed by atoms with Gasteiger partial charge < -0.3 is 19.2 Å². The van der Waals surface area contributed by atoms with E-state index in [1.807, 2.05) is 48.8 Å². The molecule has 28 heavy (non-hydrogen) atoms. The number of carbonyl (C=O) groups is 2. The molecule has 1 N–H and O–H groups in total. The summed E-state index contributed by atoms with van der Waals surface area (Å²) >= 11 is 0. The number of rotatable bonds is 8. The third kappa shape index (κ3) is 4.91. The van der Waals surface area contributed by atoms with E-state index in [0.29, 0.717) is 13.0 Å². The van der Waals surface area contributed by atoms with E-state index >= 15 is 0 Å². The zero-order valence-corrected chi connectivity index (χ0v) is 16.2. The molecule has 0 saturated heterocycles. The molecule has 1 atom stereocenters. The minimum Gasteiger partial charge on any atom is -0.459 e. The van der Waals surface area contributed by atoms with Crippen molar-refractivity contribution in [1.82, 2.24) is 14.8 Å². The van der Waals surface area contributed by atoms with E-state index in [0.717, 1.165) is 17.7 Å². The Balaban J connectivity index is 1.73. The summed E-state index contributed by atoms with van der Waals surface area (Å²) in [6, 6.07) is 14.2. The molecule has 1 aromatic carbocycles. The molecule has 0 bridgehead atoms. The normalized spacial score (nSPS) is 11.8. The second-order valence-corrected chi connectivity index (χ2v) is 6.74. The molecule has 2 aromatic heterocycles. The quantitative estimate of drug-likeness (QED) is 0.654. The molecule has 146 valence electrons. The SMILES string of the molecule is CCn1ccc(CN(C)C(=O)[C@H](Cc2ccccc2)NC(=O)c2ccco2)c1. The molecule has 0 aliphatic rings. The molecule has 0 unspecified atom stereocenters. The maximum absolute atomic E-state index is 13.1. The second kappa shape index (κ2) is 9.08. The Morgan fingerprint density at radius 2 is 1.89 bits per heavy atom. The maximum atomic E-state index is 13.1. The van der Waals surface area contributed by atoms with Crippen molar-refractivity contribution in [3.05, 3.63) is 84.1 Å². The molecular formula is C22H25N3O3. The highest BCUT2D eigenvalue weighted by atomic mass is 16.3. The summed E-state index contributed by atoms with van der Waals surface area (Å²) in [7, 11) is 1.75. The van der Waals surface area contributed by atoms with Crippen LogP contribution in [0, 0.1) is 0 Å². The zero-order chi connectivity index (χ0) is 19.9. The van der Waals surface area contributed by atoms with E-state index in [-0.39, 0.29) is 11.7 Å². The fourth-order valence-electron chi connectivity index (χ4n) is 3.09. The minimum absolute atomic E-state index is 0.145. The summed E-state index contributed by atoms with van der Waals surface area (Å²) in [4.78, 5) is 27.2. The minimum atomic E-state index is -0.682. The van der Waals surface area contributed by atoms with Crippen LogP contribution in [-0.2, 0) is 24.3 Å². The Morgan fingerprint density at radius 1 is 1.11 bits per heavy atom. The molecule has 0 aliphatic carbocycles. The molecule has 3 rings (SSSR count). The van der Waals surface area contributed by atoms with E-state index < -0.39 is 11.9 Å². The lowest BCUT2D eigenvalue weighted by molar-refractivity contribution is -0.132. The summed E-state index contributed by atoms with van der Waals surface area (Å²) in [6.07, 6.45) is 5.87. The average molecular weight is 379 g/mol. The van der Waals surface area contributed by atoms with E-state index in [4.69, 9.17) is 4.42 Å². The third-order valence-electron chi connectivity index (χ3n) is 4.60. The van der Waals surface area contributed by atoms with Gasteiger partial charge in [-0.05, 0) is 36.2 Å². The molecule has 2 heterocycles. The molecular weight excluding hydrogens is 354 g/mol. The number of nitrogens with zero attached hydrogens (tertiary/aromatic N) is 2. The van der Waals surface area contributed by atoms with Gasteiger partial charge >= 0.3 is 0 Å². The van der Waals surface area contributed by atoms with Gasteiger partial charge in [-0.25, -0.2) is 0 Å². The lowest BCUT2D eigenvalue weighted by Gasteiger charge is -2.24. The molecule has 2 amide bonds. The Hall–Kier alpha value is -3.28. The van der Waals surface area contributed by atoms with Crippen molar-refractivity contribution in [2.24, 2.45) is 0 Å². The average Bonchev–Trinajstić information content (AvgIpc) is 3.39. The number of carbonyl (C=O) groups excluding carboxylic acids is 2. The van der Waals surface area contributed by atoms with Gasteiger partial charge in [-0.3, -0.25) is 9.59 Å². The number of amides is 2. The monoisotopic (exact) mass is 379 g/mol. The smallest absolute Gasteiger partial charge is 0.287 e. The first-order valence-electron chi connectivity index (χ1n) is 9.34. The second-order valence-electron chi connectivity index (χ2n) is 6.74. The summed E-state index contributed by atoms with van der Waals surface area (Å²) < 4.78 is 7.22. The Bertz CT molecular complexity index is 900. The van der Waals surface area contributed by atoms with Gasteiger partial charge in [-0.2, -0.15) is 0 Å². The molecule has 0 spiro atoms. The van der Waals surface area contributed by atoms with Crippen LogP contribution in [0.3, 0.4) is 0 Å². The fourth-order valence-corrected chi connectivity index (χ4v) is 3.09. The predicted octanol–water partition coefficient (Wildman–Crippen LogP) is 3.10. The molecule has 0 radical (unpaired) electrons. The van der Waals surface area contributed by atoms with Gasteiger partial charge in [0.05, 0.1) is 6.26 Å². The van der Waals surface area contributed by atoms with Gasteiger partial charge in [0.1, 0.15) is 6.04 Å². The summed E-state index contributed by atoms with van der Waals surface area (Å²) in [5.41, 5.74) is 2.03. The molecule has 6 nitrogen and oxygen atoms in total. The largest absolute Gasteiger partial charge is 0.459 e. The predicted molar refractivity (Wildman–Crippen MR) is 107 cm³/mol. The van der Waals surface area contributed by atoms with Crippen molar-refractivity contribution in [1.29, 1.82) is 0 Å². The number of aromatic nitrogens is 1. The highest BCUT2D eigenvalue weighted by molar-refractivity contribution is 5.95. The van der Waals surface area contributed by atoms with Gasteiger partial charge in [-0.15, -0.1) is 0 Å². The van der Waals surface area contributed by atoms with Gasteiger partial charge in [0, 0.05) is 39.0 Å². The number of hydrogen-bond acceptors (Lipinski definition) is 3. The van der Waals surface area contributed by atoms with Crippen LogP contribution < -0.4 is 5.32 Å². The number of furan rings is 1. The molecule has 0 aliphatic heterocycles. The number of benzene rings is 1. The molecule has 3 aromatic rings. The molecule has 0 fully saturated rings. The maximum Gasteiger partial charge on any atom is 0.287 e. The summed E-state index contributed by atoms with van der Waals surface area (Å²) in [5.74, 6) is -0.355. The first kappa shape index (κ1) is 19.5. The van der Waals surface area contributed by atoms with Gasteiger partial charge in [0.2, 0.25) is 5.91 Å². The van der Waals surface area contributed by atoms with Crippen molar-refractivity contribution >= 4 is 11.8 Å². The van der Waals surface area contributed by atoms with Crippen LogP contribution in [0.25, 0.3) is 0 Å². The van der Waals surface area contributed by atoms with Crippen LogP contribution in [0.5, 0.6) is 0 Å². The standard InChI is InChI=1S/C22H25N3O3/c1-3-25-12-11-18(16-25)15-24(2)22(27)19(14-17-8-5-4-6-9-17)23-21(26)20-10-7-13-28-20/h4-13,16,19H,3,14-15H2,1-2H3,(H,23,26)/t19-/m0/s1. The lowest BCUT2D eigenvalue weighted by Crippen LogP contribution is -2.48. The third-order valence-corrected chi connectivity index (χ3v) is 4.60. The van der Waals surface area contributed by atoms with Crippen LogP contribution in [0.1, 0.15) is 28.6 Å². The Morgan fingerprint density at radius 3 is 2.54 bits per heavy atom. The van der Waals surface area contributed by atoms with Crippen LogP contribution in [0.2, 0.25) is 0 Å².